The van der Waals surface area contributed by atoms with Gasteiger partial charge in [-0.15, -0.1) is 0 Å². The third-order valence-electron chi connectivity index (χ3n) is 4.26. The Bertz CT molecular complexity index is 317. The smallest absolute Gasteiger partial charge is 0.281 e. The Labute approximate surface area is 156 Å². The van der Waals surface area contributed by atoms with Crippen molar-refractivity contribution in [3.8, 4) is 0 Å². The van der Waals surface area contributed by atoms with Crippen LogP contribution in [-0.2, 0) is 0 Å². The number of amides is 2. The van der Waals surface area contributed by atoms with E-state index in [1.165, 1.54) is 74.9 Å². The predicted octanol–water partition coefficient (Wildman–Crippen LogP) is 5.47. The molecule has 0 aromatic rings. The molecule has 0 spiro atoms. The summed E-state index contributed by atoms with van der Waals surface area (Å²) in [5.74, 6) is 1.80. The van der Waals surface area contributed by atoms with Gasteiger partial charge in [-0.25, -0.2) is 0 Å². The molecule has 2 heterocycles. The first-order chi connectivity index (χ1) is 11.7. The van der Waals surface area contributed by atoms with Gasteiger partial charge in [0, 0.05) is 26.2 Å². The Morgan fingerprint density at radius 3 is 1.17 bits per heavy atom. The summed E-state index contributed by atoms with van der Waals surface area (Å²) in [6.07, 6.45) is 9.93. The molecule has 2 saturated heterocycles. The van der Waals surface area contributed by atoms with Gasteiger partial charge in [0.1, 0.15) is 0 Å². The maximum absolute atomic E-state index is 11.4. The minimum atomic E-state index is 0.277. The van der Waals surface area contributed by atoms with Crippen molar-refractivity contribution < 1.29 is 9.59 Å². The fraction of sp³-hybridized carbons (Fsp3) is 0.889. The second kappa shape index (κ2) is 13.9. The van der Waals surface area contributed by atoms with Crippen LogP contribution in [0.4, 0.5) is 9.59 Å². The van der Waals surface area contributed by atoms with Crippen LogP contribution in [0.15, 0.2) is 0 Å². The Balaban J connectivity index is 0.000000240. The lowest BCUT2D eigenvalue weighted by Gasteiger charge is -2.18. The summed E-state index contributed by atoms with van der Waals surface area (Å²) in [5, 5.41) is 0.554. The average molecular weight is 375 g/mol. The molecule has 0 aromatic heterocycles. The van der Waals surface area contributed by atoms with Crippen molar-refractivity contribution in [1.29, 1.82) is 0 Å². The van der Waals surface area contributed by atoms with Gasteiger partial charge in [0.2, 0.25) is 0 Å². The highest BCUT2D eigenvalue weighted by atomic mass is 32.2. The molecule has 0 atom stereocenters. The van der Waals surface area contributed by atoms with Gasteiger partial charge >= 0.3 is 0 Å². The molecular formula is C18H34N2O2S2. The second-order valence-electron chi connectivity index (χ2n) is 6.20. The lowest BCUT2D eigenvalue weighted by Crippen LogP contribution is -2.28. The number of nitrogens with zero attached hydrogens (tertiary/aromatic N) is 2. The molecule has 4 nitrogen and oxygen atoms in total. The number of likely N-dealkylation sites (tertiary alicyclic amines) is 2. The van der Waals surface area contributed by atoms with E-state index in [9.17, 15) is 9.59 Å². The van der Waals surface area contributed by atoms with Crippen molar-refractivity contribution in [2.45, 2.75) is 65.2 Å². The second-order valence-corrected chi connectivity index (χ2v) is 8.63. The van der Waals surface area contributed by atoms with Crippen LogP contribution in [0.3, 0.4) is 0 Å². The monoisotopic (exact) mass is 374 g/mol. The number of hydrogen-bond acceptors (Lipinski definition) is 4. The minimum Gasteiger partial charge on any atom is -0.334 e. The molecule has 0 N–H and O–H groups in total. The molecule has 0 bridgehead atoms. The summed E-state index contributed by atoms with van der Waals surface area (Å²) in [5.41, 5.74) is 0. The van der Waals surface area contributed by atoms with Gasteiger partial charge in [-0.3, -0.25) is 9.59 Å². The van der Waals surface area contributed by atoms with Crippen molar-refractivity contribution in [2.24, 2.45) is 0 Å². The van der Waals surface area contributed by atoms with E-state index in [4.69, 9.17) is 0 Å². The van der Waals surface area contributed by atoms with Crippen LogP contribution in [0.5, 0.6) is 0 Å². The highest BCUT2D eigenvalue weighted by Crippen LogP contribution is 2.16. The highest BCUT2D eigenvalue weighted by molar-refractivity contribution is 8.13. The largest absolute Gasteiger partial charge is 0.334 e. The van der Waals surface area contributed by atoms with Crippen molar-refractivity contribution in [3.05, 3.63) is 0 Å². The molecule has 2 rings (SSSR count). The van der Waals surface area contributed by atoms with Gasteiger partial charge in [0.25, 0.3) is 10.5 Å². The van der Waals surface area contributed by atoms with E-state index >= 15 is 0 Å². The summed E-state index contributed by atoms with van der Waals surface area (Å²) in [7, 11) is 0. The van der Waals surface area contributed by atoms with Crippen LogP contribution in [0.25, 0.3) is 0 Å². The zero-order valence-electron chi connectivity index (χ0n) is 15.4. The van der Waals surface area contributed by atoms with Crippen molar-refractivity contribution >= 4 is 34.0 Å². The Hall–Kier alpha value is -0.360. The van der Waals surface area contributed by atoms with E-state index in [1.54, 1.807) is 0 Å². The van der Waals surface area contributed by atoms with Crippen LogP contribution < -0.4 is 0 Å². The van der Waals surface area contributed by atoms with Gasteiger partial charge in [-0.1, -0.05) is 63.1 Å². The first-order valence-electron chi connectivity index (χ1n) is 9.52. The van der Waals surface area contributed by atoms with Gasteiger partial charge in [0.15, 0.2) is 0 Å². The Morgan fingerprint density at radius 2 is 0.917 bits per heavy atom. The van der Waals surface area contributed by atoms with Gasteiger partial charge in [0.05, 0.1) is 0 Å². The lowest BCUT2D eigenvalue weighted by atomic mass is 10.2. The number of rotatable bonds is 2. The first-order valence-corrected chi connectivity index (χ1v) is 11.5. The maximum Gasteiger partial charge on any atom is 0.281 e. The quantitative estimate of drug-likeness (QED) is 0.642. The Kier molecular flexibility index (Phi) is 12.5. The van der Waals surface area contributed by atoms with Crippen LogP contribution >= 0.6 is 23.5 Å². The molecular weight excluding hydrogens is 340 g/mol. The zero-order valence-corrected chi connectivity index (χ0v) is 17.1. The SMILES string of the molecule is CCSC(=O)N1CCCCCC1.CCSC(=O)N1CCCCCC1. The molecule has 0 aliphatic carbocycles. The molecule has 0 radical (unpaired) electrons. The van der Waals surface area contributed by atoms with E-state index in [1.807, 2.05) is 23.6 Å². The third kappa shape index (κ3) is 9.21. The van der Waals surface area contributed by atoms with Crippen LogP contribution in [0, 0.1) is 0 Å². The van der Waals surface area contributed by atoms with Crippen molar-refractivity contribution in [1.82, 2.24) is 9.80 Å². The van der Waals surface area contributed by atoms with Crippen LogP contribution in [-0.4, -0.2) is 58.0 Å². The van der Waals surface area contributed by atoms with E-state index in [0.717, 1.165) is 37.7 Å². The molecule has 6 heteroatoms. The summed E-state index contributed by atoms with van der Waals surface area (Å²) < 4.78 is 0. The van der Waals surface area contributed by atoms with E-state index in [2.05, 4.69) is 0 Å². The highest BCUT2D eigenvalue weighted by Gasteiger charge is 2.15. The molecule has 2 aliphatic heterocycles. The molecule has 140 valence electrons. The molecule has 0 unspecified atom stereocenters. The molecule has 2 amide bonds. The molecule has 2 aliphatic rings. The summed E-state index contributed by atoms with van der Waals surface area (Å²) >= 11 is 2.87. The summed E-state index contributed by atoms with van der Waals surface area (Å²) in [4.78, 5) is 26.9. The molecule has 0 saturated carbocycles. The number of carbonyl (C=O) groups excluding carboxylic acids is 2. The third-order valence-corrected chi connectivity index (χ3v) is 5.85. The molecule has 0 aromatic carbocycles. The number of thioether (sulfide) groups is 2. The number of carbonyl (C=O) groups is 2. The summed E-state index contributed by atoms with van der Waals surface area (Å²) in [6, 6.07) is 0. The minimum absolute atomic E-state index is 0.277. The van der Waals surface area contributed by atoms with Crippen LogP contribution in [0.1, 0.15) is 65.2 Å². The fourth-order valence-electron chi connectivity index (χ4n) is 2.94. The van der Waals surface area contributed by atoms with E-state index in [-0.39, 0.29) is 10.5 Å². The maximum atomic E-state index is 11.4. The fourth-order valence-corrected chi connectivity index (χ4v) is 4.16. The van der Waals surface area contributed by atoms with Gasteiger partial charge < -0.3 is 9.80 Å². The predicted molar refractivity (Wildman–Crippen MR) is 107 cm³/mol. The van der Waals surface area contributed by atoms with E-state index < -0.39 is 0 Å². The van der Waals surface area contributed by atoms with Crippen LogP contribution in [0.2, 0.25) is 0 Å². The van der Waals surface area contributed by atoms with Gasteiger partial charge in [-0.2, -0.15) is 0 Å². The zero-order chi connectivity index (χ0) is 17.6. The number of hydrogen-bond donors (Lipinski definition) is 0. The van der Waals surface area contributed by atoms with E-state index in [0.29, 0.717) is 0 Å². The topological polar surface area (TPSA) is 40.6 Å². The van der Waals surface area contributed by atoms with Gasteiger partial charge in [-0.05, 0) is 37.2 Å². The Morgan fingerprint density at radius 1 is 0.625 bits per heavy atom. The van der Waals surface area contributed by atoms with Crippen molar-refractivity contribution in [2.75, 3.05) is 37.7 Å². The standard InChI is InChI=1S/2C9H17NOS/c2*1-2-12-9(11)10-7-5-3-4-6-8-10/h2*2-8H2,1H3. The molecule has 24 heavy (non-hydrogen) atoms. The lowest BCUT2D eigenvalue weighted by molar-refractivity contribution is 0.224. The van der Waals surface area contributed by atoms with Crippen molar-refractivity contribution in [3.63, 3.8) is 0 Å². The summed E-state index contributed by atoms with van der Waals surface area (Å²) in [6.45, 7) is 7.97. The first kappa shape index (κ1) is 21.7. The average Bonchev–Trinajstić information content (AvgIpc) is 3.01. The molecule has 2 fully saturated rings. The normalized spacial score (nSPS) is 18.9.